The van der Waals surface area contributed by atoms with Crippen LogP contribution in [0.15, 0.2) is 23.2 Å². The van der Waals surface area contributed by atoms with Crippen LogP contribution >= 0.6 is 24.0 Å². The maximum Gasteiger partial charge on any atom is 0.193 e. The maximum atomic E-state index is 11.7. The van der Waals surface area contributed by atoms with Crippen LogP contribution in [0.1, 0.15) is 36.8 Å². The normalized spacial score (nSPS) is 48.4. The summed E-state index contributed by atoms with van der Waals surface area (Å²) in [5.41, 5.74) is 9.68. The van der Waals surface area contributed by atoms with E-state index in [1.807, 2.05) is 0 Å². The van der Waals surface area contributed by atoms with E-state index in [-0.39, 0.29) is 24.0 Å². The number of hydrogen-bond acceptors (Lipinski definition) is 2. The van der Waals surface area contributed by atoms with Crippen LogP contribution in [0.5, 0.6) is 0 Å². The molecule has 0 spiro atoms. The number of aliphatic imine (C=N–C) groups is 1. The van der Waals surface area contributed by atoms with Crippen molar-refractivity contribution in [3.8, 4) is 0 Å². The molecule has 4 N–H and O–H groups in total. The van der Waals surface area contributed by atoms with E-state index in [1.165, 1.54) is 43.2 Å². The topological polar surface area (TPSA) is 70.6 Å². The van der Waals surface area contributed by atoms with Crippen LogP contribution in [0.4, 0.5) is 5.69 Å². The molecule has 9 atom stereocenters. The zero-order chi connectivity index (χ0) is 17.9. The summed E-state index contributed by atoms with van der Waals surface area (Å²) < 4.78 is 0. The number of anilines is 1. The van der Waals surface area contributed by atoms with Gasteiger partial charge in [0, 0.05) is 5.69 Å². The number of nitrogens with one attached hydrogen (secondary N) is 1. The van der Waals surface area contributed by atoms with Gasteiger partial charge in [-0.15, -0.1) is 24.0 Å². The molecule has 6 aliphatic rings. The number of aryl methyl sites for hydroxylation is 1. The number of benzene rings is 1. The summed E-state index contributed by atoms with van der Waals surface area (Å²) in [6.45, 7) is 0.496. The van der Waals surface area contributed by atoms with Crippen LogP contribution in [-0.4, -0.2) is 23.2 Å². The second kappa shape index (κ2) is 5.87. The number of fused-ring (bicyclic) bond motifs is 3. The zero-order valence-electron chi connectivity index (χ0n) is 16.2. The second-order valence-corrected chi connectivity index (χ2v) is 10.3. The summed E-state index contributed by atoms with van der Waals surface area (Å²) in [7, 11) is 0. The van der Waals surface area contributed by atoms with Gasteiger partial charge in [0.1, 0.15) is 0 Å². The average molecular weight is 491 g/mol. The van der Waals surface area contributed by atoms with Gasteiger partial charge in [-0.05, 0) is 103 Å². The molecule has 5 fully saturated rings. The third-order valence-electron chi connectivity index (χ3n) is 9.68. The molecule has 0 radical (unpaired) electrons. The van der Waals surface area contributed by atoms with E-state index in [1.54, 1.807) is 0 Å². The highest BCUT2D eigenvalue weighted by atomic mass is 127. The lowest BCUT2D eigenvalue weighted by atomic mass is 9.56. The van der Waals surface area contributed by atoms with E-state index in [9.17, 15) is 5.11 Å². The summed E-state index contributed by atoms with van der Waals surface area (Å²) in [5, 5.41) is 15.0. The number of rotatable bonds is 3. The molecule has 6 aliphatic carbocycles. The van der Waals surface area contributed by atoms with Crippen LogP contribution in [-0.2, 0) is 12.8 Å². The Morgan fingerprint density at radius 1 is 1.07 bits per heavy atom. The fraction of sp³-hybridized carbons (Fsp3) is 0.696. The van der Waals surface area contributed by atoms with Gasteiger partial charge in [-0.25, -0.2) is 0 Å². The van der Waals surface area contributed by atoms with Gasteiger partial charge in [0.2, 0.25) is 0 Å². The van der Waals surface area contributed by atoms with Gasteiger partial charge in [0.25, 0.3) is 0 Å². The number of nitrogens with two attached hydrogens (primary N) is 1. The fourth-order valence-corrected chi connectivity index (χ4v) is 9.22. The molecule has 2 bridgehead atoms. The van der Waals surface area contributed by atoms with E-state index in [0.717, 1.165) is 47.6 Å². The fourth-order valence-electron chi connectivity index (χ4n) is 9.22. The van der Waals surface area contributed by atoms with E-state index in [0.29, 0.717) is 24.3 Å². The first-order valence-corrected chi connectivity index (χ1v) is 11.1. The Labute approximate surface area is 183 Å². The van der Waals surface area contributed by atoms with E-state index in [4.69, 9.17) is 10.7 Å². The van der Waals surface area contributed by atoms with Crippen molar-refractivity contribution < 1.29 is 5.11 Å². The van der Waals surface area contributed by atoms with Crippen molar-refractivity contribution in [2.45, 2.75) is 44.1 Å². The standard InChI is InChI=1S/C23H29N3O.HI/c24-22(26-17-7-3-5-11-4-1-2-6-12(11)17)25-10-23(27)20-14-9-15-18-13(14)8-16(20)19(18)21(15)23;/h3,5,7,13-16,18-21,27H,1-2,4,6,8-10H2,(H3,24,25,26);1H. The van der Waals surface area contributed by atoms with Crippen LogP contribution in [0.25, 0.3) is 0 Å². The minimum atomic E-state index is -0.576. The van der Waals surface area contributed by atoms with Gasteiger partial charge in [0.15, 0.2) is 5.96 Å². The molecular weight excluding hydrogens is 461 g/mol. The van der Waals surface area contributed by atoms with Gasteiger partial charge in [-0.2, -0.15) is 0 Å². The van der Waals surface area contributed by atoms with Crippen molar-refractivity contribution in [3.05, 3.63) is 29.3 Å². The van der Waals surface area contributed by atoms with Crippen LogP contribution in [0, 0.1) is 47.3 Å². The first kappa shape index (κ1) is 18.0. The number of guanidine groups is 1. The zero-order valence-corrected chi connectivity index (χ0v) is 18.5. The molecule has 1 aromatic rings. The highest BCUT2D eigenvalue weighted by molar-refractivity contribution is 14.0. The Kier molecular flexibility index (Phi) is 3.77. The average Bonchev–Trinajstić information content (AvgIpc) is 3.19. The van der Waals surface area contributed by atoms with Crippen molar-refractivity contribution in [1.29, 1.82) is 0 Å². The van der Waals surface area contributed by atoms with Gasteiger partial charge in [-0.1, -0.05) is 12.1 Å². The quantitative estimate of drug-likeness (QED) is 0.345. The molecule has 0 amide bonds. The maximum absolute atomic E-state index is 11.7. The molecule has 28 heavy (non-hydrogen) atoms. The number of aliphatic hydroxyl groups is 1. The molecule has 5 saturated carbocycles. The Morgan fingerprint density at radius 3 is 2.75 bits per heavy atom. The summed E-state index contributed by atoms with van der Waals surface area (Å²) in [6, 6.07) is 6.47. The molecule has 1 aromatic carbocycles. The molecule has 9 unspecified atom stereocenters. The monoisotopic (exact) mass is 491 g/mol. The number of nitrogens with zero attached hydrogens (tertiary/aromatic N) is 1. The lowest BCUT2D eigenvalue weighted by Crippen LogP contribution is -2.56. The third-order valence-corrected chi connectivity index (χ3v) is 9.68. The second-order valence-electron chi connectivity index (χ2n) is 10.3. The molecule has 0 heterocycles. The molecular formula is C23H30IN3O. The summed E-state index contributed by atoms with van der Waals surface area (Å²) in [5.74, 6) is 6.60. The lowest BCUT2D eigenvalue weighted by molar-refractivity contribution is -0.123. The third kappa shape index (κ3) is 1.98. The minimum absolute atomic E-state index is 0. The first-order chi connectivity index (χ1) is 13.2. The summed E-state index contributed by atoms with van der Waals surface area (Å²) in [6.07, 6.45) is 7.61. The minimum Gasteiger partial charge on any atom is -0.387 e. The number of hydrogen-bond donors (Lipinski definition) is 3. The van der Waals surface area contributed by atoms with Gasteiger partial charge in [0.05, 0.1) is 12.1 Å². The van der Waals surface area contributed by atoms with Crippen LogP contribution < -0.4 is 11.1 Å². The first-order valence-electron chi connectivity index (χ1n) is 11.1. The molecule has 5 heteroatoms. The van der Waals surface area contributed by atoms with Gasteiger partial charge < -0.3 is 16.2 Å². The van der Waals surface area contributed by atoms with Crippen molar-refractivity contribution in [1.82, 2.24) is 0 Å². The van der Waals surface area contributed by atoms with E-state index in [2.05, 4.69) is 23.5 Å². The Bertz CT molecular complexity index is 865. The predicted molar refractivity (Wildman–Crippen MR) is 121 cm³/mol. The largest absolute Gasteiger partial charge is 0.387 e. The SMILES string of the molecule is I.NC(=NCC1(O)C2C3CC4C5C3CC2C5C41)Nc1cccc2c1CCCC2. The van der Waals surface area contributed by atoms with Crippen molar-refractivity contribution in [2.75, 3.05) is 11.9 Å². The van der Waals surface area contributed by atoms with Gasteiger partial charge >= 0.3 is 0 Å². The highest BCUT2D eigenvalue weighted by Gasteiger charge is 2.84. The molecule has 7 rings (SSSR count). The molecule has 4 nitrogen and oxygen atoms in total. The summed E-state index contributed by atoms with van der Waals surface area (Å²) in [4.78, 5) is 4.70. The smallest absolute Gasteiger partial charge is 0.193 e. The molecule has 0 aliphatic heterocycles. The van der Waals surface area contributed by atoms with Crippen LogP contribution in [0.2, 0.25) is 0 Å². The predicted octanol–water partition coefficient (Wildman–Crippen LogP) is 3.42. The summed E-state index contributed by atoms with van der Waals surface area (Å²) >= 11 is 0. The Morgan fingerprint density at radius 2 is 1.86 bits per heavy atom. The van der Waals surface area contributed by atoms with E-state index >= 15 is 0 Å². The van der Waals surface area contributed by atoms with Crippen molar-refractivity contribution in [3.63, 3.8) is 0 Å². The van der Waals surface area contributed by atoms with Crippen molar-refractivity contribution in [2.24, 2.45) is 58.1 Å². The molecule has 150 valence electrons. The van der Waals surface area contributed by atoms with Crippen LogP contribution in [0.3, 0.4) is 0 Å². The van der Waals surface area contributed by atoms with Crippen molar-refractivity contribution >= 4 is 35.6 Å². The van der Waals surface area contributed by atoms with Gasteiger partial charge in [-0.3, -0.25) is 4.99 Å². The molecule has 0 aromatic heterocycles. The van der Waals surface area contributed by atoms with E-state index < -0.39 is 5.60 Å². The lowest BCUT2D eigenvalue weighted by Gasteiger charge is -2.51. The molecule has 0 saturated heterocycles. The Hall–Kier alpha value is -0.820. The highest BCUT2D eigenvalue weighted by Crippen LogP contribution is 2.85. The Balaban J connectivity index is 0.00000156. The number of halogens is 1.